The number of thiophene rings is 2. The standard InChI is InChI=1S/C22H29NO3S2/c1-3-4-11-23(2)20-15-9-10-16(20)17(14-15)26-21(24)22(25,18-7-5-12-27-18)19-8-6-13-28-19/h5-8,12-13,15-17,20,25H,3-4,9-11,14H2,1-2H3. The van der Waals surface area contributed by atoms with Crippen LogP contribution in [0.25, 0.3) is 0 Å². The molecule has 4 rings (SSSR count). The van der Waals surface area contributed by atoms with Gasteiger partial charge in [0.15, 0.2) is 0 Å². The summed E-state index contributed by atoms with van der Waals surface area (Å²) in [4.78, 5) is 17.0. The molecule has 2 heterocycles. The van der Waals surface area contributed by atoms with Crippen LogP contribution in [0.4, 0.5) is 0 Å². The van der Waals surface area contributed by atoms with E-state index in [1.54, 1.807) is 0 Å². The highest BCUT2D eigenvalue weighted by atomic mass is 32.1. The molecule has 0 amide bonds. The molecule has 2 aliphatic carbocycles. The van der Waals surface area contributed by atoms with Gasteiger partial charge in [-0.1, -0.05) is 25.5 Å². The minimum absolute atomic E-state index is 0.0909. The molecule has 2 fully saturated rings. The van der Waals surface area contributed by atoms with Gasteiger partial charge in [-0.25, -0.2) is 4.79 Å². The van der Waals surface area contributed by atoms with E-state index in [0.29, 0.717) is 27.6 Å². The van der Waals surface area contributed by atoms with Crippen LogP contribution in [0.5, 0.6) is 0 Å². The second-order valence-corrected chi connectivity index (χ2v) is 10.1. The van der Waals surface area contributed by atoms with Crippen LogP contribution in [0.15, 0.2) is 35.0 Å². The van der Waals surface area contributed by atoms with Gasteiger partial charge in [0, 0.05) is 12.0 Å². The second-order valence-electron chi connectivity index (χ2n) is 8.17. The maximum absolute atomic E-state index is 13.3. The smallest absolute Gasteiger partial charge is 0.349 e. The van der Waals surface area contributed by atoms with E-state index < -0.39 is 11.6 Å². The fraction of sp³-hybridized carbons (Fsp3) is 0.591. The lowest BCUT2D eigenvalue weighted by Gasteiger charge is -2.31. The van der Waals surface area contributed by atoms with E-state index in [4.69, 9.17) is 4.74 Å². The molecule has 1 N–H and O–H groups in total. The van der Waals surface area contributed by atoms with E-state index in [9.17, 15) is 9.90 Å². The minimum Gasteiger partial charge on any atom is -0.459 e. The molecular formula is C22H29NO3S2. The van der Waals surface area contributed by atoms with Gasteiger partial charge >= 0.3 is 5.97 Å². The molecule has 4 nitrogen and oxygen atoms in total. The van der Waals surface area contributed by atoms with Crippen molar-refractivity contribution >= 4 is 28.6 Å². The Morgan fingerprint density at radius 2 is 1.93 bits per heavy atom. The number of fused-ring (bicyclic) bond motifs is 2. The molecule has 6 heteroatoms. The number of hydrogen-bond donors (Lipinski definition) is 1. The number of carbonyl (C=O) groups is 1. The van der Waals surface area contributed by atoms with Gasteiger partial charge in [-0.05, 0) is 68.1 Å². The van der Waals surface area contributed by atoms with Crippen LogP contribution in [0.1, 0.15) is 48.8 Å². The normalized spacial score (nSPS) is 26.9. The van der Waals surface area contributed by atoms with Crippen LogP contribution >= 0.6 is 22.7 Å². The Labute approximate surface area is 175 Å². The zero-order valence-corrected chi connectivity index (χ0v) is 18.2. The van der Waals surface area contributed by atoms with E-state index in [0.717, 1.165) is 19.4 Å². The van der Waals surface area contributed by atoms with Gasteiger partial charge < -0.3 is 14.7 Å². The molecule has 4 unspecified atom stereocenters. The zero-order valence-electron chi connectivity index (χ0n) is 16.5. The Balaban J connectivity index is 1.52. The number of esters is 1. The molecular weight excluding hydrogens is 390 g/mol. The van der Waals surface area contributed by atoms with Gasteiger partial charge in [0.2, 0.25) is 5.60 Å². The third-order valence-electron chi connectivity index (χ3n) is 6.49. The van der Waals surface area contributed by atoms with Crippen LogP contribution in [0, 0.1) is 11.8 Å². The van der Waals surface area contributed by atoms with E-state index in [2.05, 4.69) is 18.9 Å². The summed E-state index contributed by atoms with van der Waals surface area (Å²) in [6.45, 7) is 3.32. The lowest BCUT2D eigenvalue weighted by molar-refractivity contribution is -0.170. The minimum atomic E-state index is -1.70. The molecule has 2 aliphatic rings. The fourth-order valence-corrected chi connectivity index (χ4v) is 6.84. The highest BCUT2D eigenvalue weighted by Crippen LogP contribution is 2.49. The van der Waals surface area contributed by atoms with Crippen molar-refractivity contribution in [1.29, 1.82) is 0 Å². The summed E-state index contributed by atoms with van der Waals surface area (Å²) < 4.78 is 6.04. The van der Waals surface area contributed by atoms with Crippen LogP contribution in [-0.4, -0.2) is 41.7 Å². The summed E-state index contributed by atoms with van der Waals surface area (Å²) in [6, 6.07) is 7.85. The van der Waals surface area contributed by atoms with Crippen LogP contribution < -0.4 is 0 Å². The molecule has 0 spiro atoms. The van der Waals surface area contributed by atoms with Crippen molar-refractivity contribution < 1.29 is 14.6 Å². The van der Waals surface area contributed by atoms with Crippen LogP contribution in [-0.2, 0) is 15.1 Å². The van der Waals surface area contributed by atoms with Gasteiger partial charge in [0.25, 0.3) is 0 Å². The first kappa shape index (κ1) is 20.1. The summed E-state index contributed by atoms with van der Waals surface area (Å²) in [5, 5.41) is 15.2. The maximum Gasteiger partial charge on any atom is 0.349 e. The Hall–Kier alpha value is -1.21. The molecule has 0 saturated heterocycles. The summed E-state index contributed by atoms with van der Waals surface area (Å²) >= 11 is 2.78. The molecule has 2 aromatic rings. The number of hydrogen-bond acceptors (Lipinski definition) is 6. The van der Waals surface area contributed by atoms with Gasteiger partial charge in [-0.2, -0.15) is 0 Å². The number of carbonyl (C=O) groups excluding carboxylic acids is 1. The molecule has 2 saturated carbocycles. The Morgan fingerprint density at radius 1 is 1.25 bits per heavy atom. The lowest BCUT2D eigenvalue weighted by atomic mass is 9.96. The van der Waals surface area contributed by atoms with Crippen molar-refractivity contribution in [3.63, 3.8) is 0 Å². The number of nitrogens with zero attached hydrogens (tertiary/aromatic N) is 1. The van der Waals surface area contributed by atoms with Crippen molar-refractivity contribution in [1.82, 2.24) is 4.90 Å². The first-order valence-electron chi connectivity index (χ1n) is 10.3. The summed E-state index contributed by atoms with van der Waals surface area (Å²) in [5.41, 5.74) is -1.70. The van der Waals surface area contributed by atoms with Crippen LogP contribution in [0.3, 0.4) is 0 Å². The average Bonchev–Trinajstić information content (AvgIpc) is 3.49. The molecule has 2 aromatic heterocycles. The quantitative estimate of drug-likeness (QED) is 0.641. The van der Waals surface area contributed by atoms with Crippen molar-refractivity contribution in [3.05, 3.63) is 44.8 Å². The molecule has 28 heavy (non-hydrogen) atoms. The first-order chi connectivity index (χ1) is 13.6. The van der Waals surface area contributed by atoms with E-state index in [-0.39, 0.29) is 6.10 Å². The molecule has 0 radical (unpaired) electrons. The van der Waals surface area contributed by atoms with Gasteiger partial charge in [0.1, 0.15) is 6.10 Å². The predicted molar refractivity (Wildman–Crippen MR) is 114 cm³/mol. The van der Waals surface area contributed by atoms with E-state index >= 15 is 0 Å². The Kier molecular flexibility index (Phi) is 5.93. The molecule has 152 valence electrons. The summed E-state index contributed by atoms with van der Waals surface area (Å²) in [5.74, 6) is 0.456. The second kappa shape index (κ2) is 8.27. The predicted octanol–water partition coefficient (Wildman–Crippen LogP) is 4.49. The summed E-state index contributed by atoms with van der Waals surface area (Å²) in [6.07, 6.45) is 5.56. The third kappa shape index (κ3) is 3.45. The first-order valence-corrected chi connectivity index (χ1v) is 12.0. The van der Waals surface area contributed by atoms with Crippen LogP contribution in [0.2, 0.25) is 0 Å². The number of unbranched alkanes of at least 4 members (excludes halogenated alkanes) is 1. The maximum atomic E-state index is 13.3. The zero-order chi connectivity index (χ0) is 19.7. The van der Waals surface area contributed by atoms with Gasteiger partial charge in [0.05, 0.1) is 9.75 Å². The fourth-order valence-electron chi connectivity index (χ4n) is 5.13. The Morgan fingerprint density at radius 3 is 2.50 bits per heavy atom. The SMILES string of the molecule is CCCCN(C)C1C2CCC1C(OC(=O)C(O)(c1cccs1)c1cccs1)C2. The third-order valence-corrected chi connectivity index (χ3v) is 8.45. The van der Waals surface area contributed by atoms with Gasteiger partial charge in [-0.15, -0.1) is 22.7 Å². The number of ether oxygens (including phenoxy) is 1. The summed E-state index contributed by atoms with van der Waals surface area (Å²) in [7, 11) is 2.21. The van der Waals surface area contributed by atoms with E-state index in [1.807, 2.05) is 35.0 Å². The number of aliphatic hydroxyl groups is 1. The highest BCUT2D eigenvalue weighted by molar-refractivity contribution is 7.12. The molecule has 0 aromatic carbocycles. The van der Waals surface area contributed by atoms with Crippen molar-refractivity contribution in [2.45, 2.75) is 56.8 Å². The average molecular weight is 420 g/mol. The highest BCUT2D eigenvalue weighted by Gasteiger charge is 2.53. The van der Waals surface area contributed by atoms with Crippen molar-refractivity contribution in [3.8, 4) is 0 Å². The van der Waals surface area contributed by atoms with E-state index in [1.165, 1.54) is 41.9 Å². The largest absolute Gasteiger partial charge is 0.459 e. The topological polar surface area (TPSA) is 49.8 Å². The van der Waals surface area contributed by atoms with Crippen molar-refractivity contribution in [2.24, 2.45) is 11.8 Å². The monoisotopic (exact) mass is 419 g/mol. The lowest BCUT2D eigenvalue weighted by Crippen LogP contribution is -2.42. The van der Waals surface area contributed by atoms with Gasteiger partial charge in [-0.3, -0.25) is 0 Å². The number of rotatable bonds is 8. The Bertz CT molecular complexity index is 740. The molecule has 0 aliphatic heterocycles. The molecule has 4 atom stereocenters. The molecule has 2 bridgehead atoms. The van der Waals surface area contributed by atoms with Crippen molar-refractivity contribution in [2.75, 3.05) is 13.6 Å².